The summed E-state index contributed by atoms with van der Waals surface area (Å²) in [5.74, 6) is -1.30. The van der Waals surface area contributed by atoms with Crippen LogP contribution in [-0.4, -0.2) is 21.9 Å². The highest BCUT2D eigenvalue weighted by molar-refractivity contribution is 5.98. The molecule has 2 aromatic rings. The Hall–Kier alpha value is -2.56. The van der Waals surface area contributed by atoms with Gasteiger partial charge in [-0.15, -0.1) is 0 Å². The summed E-state index contributed by atoms with van der Waals surface area (Å²) in [6.45, 7) is 0.741. The number of hydrogen-bond acceptors (Lipinski definition) is 3. The maximum absolute atomic E-state index is 12.2. The summed E-state index contributed by atoms with van der Waals surface area (Å²) >= 11 is 0. The van der Waals surface area contributed by atoms with E-state index in [0.29, 0.717) is 17.7 Å². The third-order valence-electron chi connectivity index (χ3n) is 3.20. The van der Waals surface area contributed by atoms with Gasteiger partial charge in [0.2, 0.25) is 5.76 Å². The normalized spacial score (nSPS) is 13.7. The molecule has 5 nitrogen and oxygen atoms in total. The average molecular weight is 257 g/mol. The van der Waals surface area contributed by atoms with E-state index in [0.717, 1.165) is 5.56 Å². The maximum Gasteiger partial charge on any atom is 0.372 e. The van der Waals surface area contributed by atoms with Crippen LogP contribution in [0.4, 0.5) is 0 Å². The Bertz CT molecular complexity index is 659. The molecule has 19 heavy (non-hydrogen) atoms. The molecule has 96 valence electrons. The average Bonchev–Trinajstić information content (AvgIpc) is 2.97. The number of amides is 1. The molecular formula is C14H11NO4. The number of fused-ring (bicyclic) bond motifs is 1. The van der Waals surface area contributed by atoms with E-state index in [1.807, 2.05) is 18.2 Å². The molecule has 0 atom stereocenters. The van der Waals surface area contributed by atoms with Gasteiger partial charge < -0.3 is 14.4 Å². The first kappa shape index (κ1) is 11.5. The molecule has 2 heterocycles. The summed E-state index contributed by atoms with van der Waals surface area (Å²) < 4.78 is 4.91. The van der Waals surface area contributed by atoms with Gasteiger partial charge in [0, 0.05) is 17.7 Å². The van der Waals surface area contributed by atoms with E-state index in [9.17, 15) is 9.59 Å². The zero-order chi connectivity index (χ0) is 13.4. The van der Waals surface area contributed by atoms with Gasteiger partial charge in [-0.05, 0) is 17.7 Å². The molecule has 0 spiro atoms. The number of hydrogen-bond donors (Lipinski definition) is 1. The van der Waals surface area contributed by atoms with Crippen molar-refractivity contribution in [1.82, 2.24) is 4.90 Å². The van der Waals surface area contributed by atoms with Gasteiger partial charge in [-0.3, -0.25) is 4.79 Å². The second-order valence-corrected chi connectivity index (χ2v) is 4.40. The number of nitrogens with zero attached hydrogens (tertiary/aromatic N) is 1. The number of carbonyl (C=O) groups excluding carboxylic acids is 1. The standard InChI is InChI=1S/C14H11NO4/c16-13-11-4-2-1-3-9(11)7-15(13)8-10-5-6-19-12(10)14(17)18/h1-6H,7-8H2,(H,17,18). The summed E-state index contributed by atoms with van der Waals surface area (Å²) in [4.78, 5) is 24.7. The van der Waals surface area contributed by atoms with E-state index in [1.54, 1.807) is 17.0 Å². The number of aromatic carboxylic acids is 1. The first-order valence-electron chi connectivity index (χ1n) is 5.83. The molecule has 0 saturated carbocycles. The van der Waals surface area contributed by atoms with Crippen LogP contribution in [0.5, 0.6) is 0 Å². The Morgan fingerprint density at radius 2 is 2.11 bits per heavy atom. The van der Waals surface area contributed by atoms with Crippen LogP contribution >= 0.6 is 0 Å². The Morgan fingerprint density at radius 1 is 1.32 bits per heavy atom. The number of carboxylic acids is 1. The van der Waals surface area contributed by atoms with Gasteiger partial charge in [0.05, 0.1) is 12.8 Å². The Labute approximate surface area is 109 Å². The van der Waals surface area contributed by atoms with Crippen molar-refractivity contribution < 1.29 is 19.1 Å². The second-order valence-electron chi connectivity index (χ2n) is 4.40. The van der Waals surface area contributed by atoms with Crippen molar-refractivity contribution in [2.45, 2.75) is 13.1 Å². The van der Waals surface area contributed by atoms with E-state index < -0.39 is 5.97 Å². The summed E-state index contributed by atoms with van der Waals surface area (Å²) in [6.07, 6.45) is 1.33. The fourth-order valence-corrected chi connectivity index (χ4v) is 2.30. The van der Waals surface area contributed by atoms with Gasteiger partial charge >= 0.3 is 5.97 Å². The highest BCUT2D eigenvalue weighted by Gasteiger charge is 2.28. The predicted molar refractivity (Wildman–Crippen MR) is 65.7 cm³/mol. The second kappa shape index (κ2) is 4.28. The minimum Gasteiger partial charge on any atom is -0.475 e. The molecule has 0 bridgehead atoms. The lowest BCUT2D eigenvalue weighted by atomic mass is 10.1. The van der Waals surface area contributed by atoms with Crippen molar-refractivity contribution in [3.63, 3.8) is 0 Å². The molecule has 0 aliphatic carbocycles. The molecule has 0 saturated heterocycles. The molecule has 1 N–H and O–H groups in total. The van der Waals surface area contributed by atoms with Crippen LogP contribution in [0.25, 0.3) is 0 Å². The van der Waals surface area contributed by atoms with E-state index >= 15 is 0 Å². The minimum atomic E-state index is -1.12. The lowest BCUT2D eigenvalue weighted by molar-refractivity contribution is 0.0652. The fourth-order valence-electron chi connectivity index (χ4n) is 2.30. The first-order chi connectivity index (χ1) is 9.16. The SMILES string of the molecule is O=C(O)c1occc1CN1Cc2ccccc2C1=O. The molecular weight excluding hydrogens is 246 g/mol. The van der Waals surface area contributed by atoms with Crippen molar-refractivity contribution in [2.75, 3.05) is 0 Å². The number of furan rings is 1. The summed E-state index contributed by atoms with van der Waals surface area (Å²) in [5, 5.41) is 8.97. The molecule has 0 unspecified atom stereocenters. The van der Waals surface area contributed by atoms with E-state index in [1.165, 1.54) is 6.26 Å². The van der Waals surface area contributed by atoms with E-state index in [4.69, 9.17) is 9.52 Å². The van der Waals surface area contributed by atoms with Crippen molar-refractivity contribution >= 4 is 11.9 Å². The molecule has 1 amide bonds. The number of carbonyl (C=O) groups is 2. The Balaban J connectivity index is 1.85. The number of carboxylic acid groups (broad SMARTS) is 1. The van der Waals surface area contributed by atoms with E-state index in [2.05, 4.69) is 0 Å². The van der Waals surface area contributed by atoms with Crippen molar-refractivity contribution in [2.24, 2.45) is 0 Å². The fraction of sp³-hybridized carbons (Fsp3) is 0.143. The van der Waals surface area contributed by atoms with Crippen LogP contribution in [0.2, 0.25) is 0 Å². The van der Waals surface area contributed by atoms with Crippen molar-refractivity contribution in [3.8, 4) is 0 Å². The number of benzene rings is 1. The van der Waals surface area contributed by atoms with Gasteiger partial charge in [0.1, 0.15) is 0 Å². The molecule has 1 aromatic heterocycles. The summed E-state index contributed by atoms with van der Waals surface area (Å²) in [7, 11) is 0. The molecule has 5 heteroatoms. The van der Waals surface area contributed by atoms with Crippen LogP contribution in [-0.2, 0) is 13.1 Å². The van der Waals surface area contributed by atoms with Gasteiger partial charge in [-0.1, -0.05) is 18.2 Å². The molecule has 1 aliphatic heterocycles. The van der Waals surface area contributed by atoms with Crippen LogP contribution in [0.15, 0.2) is 41.0 Å². The smallest absolute Gasteiger partial charge is 0.372 e. The van der Waals surface area contributed by atoms with Gasteiger partial charge in [-0.25, -0.2) is 4.79 Å². The topological polar surface area (TPSA) is 70.8 Å². The molecule has 3 rings (SSSR count). The van der Waals surface area contributed by atoms with Gasteiger partial charge in [0.15, 0.2) is 0 Å². The third-order valence-corrected chi connectivity index (χ3v) is 3.20. The third kappa shape index (κ3) is 1.89. The van der Waals surface area contributed by atoms with E-state index in [-0.39, 0.29) is 18.2 Å². The molecule has 1 aromatic carbocycles. The largest absolute Gasteiger partial charge is 0.475 e. The van der Waals surface area contributed by atoms with Crippen molar-refractivity contribution in [1.29, 1.82) is 0 Å². The number of rotatable bonds is 3. The highest BCUT2D eigenvalue weighted by Crippen LogP contribution is 2.25. The maximum atomic E-state index is 12.2. The first-order valence-corrected chi connectivity index (χ1v) is 5.83. The minimum absolute atomic E-state index is 0.0758. The Kier molecular flexibility index (Phi) is 2.59. The zero-order valence-electron chi connectivity index (χ0n) is 10.00. The zero-order valence-corrected chi connectivity index (χ0v) is 10.00. The lowest BCUT2D eigenvalue weighted by Crippen LogP contribution is -2.23. The summed E-state index contributed by atoms with van der Waals surface area (Å²) in [5.41, 5.74) is 2.16. The molecule has 0 fully saturated rings. The van der Waals surface area contributed by atoms with Crippen LogP contribution in [0.3, 0.4) is 0 Å². The van der Waals surface area contributed by atoms with Crippen LogP contribution in [0, 0.1) is 0 Å². The Morgan fingerprint density at radius 3 is 2.84 bits per heavy atom. The van der Waals surface area contributed by atoms with Gasteiger partial charge in [0.25, 0.3) is 5.91 Å². The lowest BCUT2D eigenvalue weighted by Gasteiger charge is -2.14. The molecule has 1 aliphatic rings. The highest BCUT2D eigenvalue weighted by atomic mass is 16.4. The quantitative estimate of drug-likeness (QED) is 0.914. The van der Waals surface area contributed by atoms with Crippen LogP contribution < -0.4 is 0 Å². The van der Waals surface area contributed by atoms with Gasteiger partial charge in [-0.2, -0.15) is 0 Å². The predicted octanol–water partition coefficient (Wildman–Crippen LogP) is 2.13. The monoisotopic (exact) mass is 257 g/mol. The summed E-state index contributed by atoms with van der Waals surface area (Å²) in [6, 6.07) is 8.97. The van der Waals surface area contributed by atoms with Crippen LogP contribution in [0.1, 0.15) is 32.0 Å². The van der Waals surface area contributed by atoms with Crippen molar-refractivity contribution in [3.05, 3.63) is 59.0 Å². The molecule has 0 radical (unpaired) electrons.